The number of hydrogen-bond acceptors (Lipinski definition) is 7. The van der Waals surface area contributed by atoms with Gasteiger partial charge in [-0.15, -0.1) is 0 Å². The van der Waals surface area contributed by atoms with Crippen LogP contribution in [0.3, 0.4) is 0 Å². The molecule has 4 atom stereocenters. The molecule has 0 bridgehead atoms. The molecule has 3 aromatic rings. The Kier molecular flexibility index (Phi) is 6.72. The van der Waals surface area contributed by atoms with Crippen LogP contribution in [0.2, 0.25) is 0 Å². The van der Waals surface area contributed by atoms with Crippen molar-refractivity contribution in [3.05, 3.63) is 94.0 Å². The molecule has 1 fully saturated rings. The molecule has 0 amide bonds. The number of methoxy groups -OCH3 is 3. The molecule has 7 nitrogen and oxygen atoms in total. The number of para-hydroxylation sites is 1. The second-order valence-electron chi connectivity index (χ2n) is 9.15. The summed E-state index contributed by atoms with van der Waals surface area (Å²) in [6.07, 6.45) is 3.73. The van der Waals surface area contributed by atoms with Crippen LogP contribution in [-0.4, -0.2) is 45.2 Å². The van der Waals surface area contributed by atoms with Crippen molar-refractivity contribution < 1.29 is 23.8 Å². The third-order valence-corrected chi connectivity index (χ3v) is 8.05. The van der Waals surface area contributed by atoms with Gasteiger partial charge >= 0.3 is 5.97 Å². The molecule has 2 heterocycles. The Bertz CT molecular complexity index is 1480. The van der Waals surface area contributed by atoms with E-state index < -0.39 is 29.4 Å². The summed E-state index contributed by atoms with van der Waals surface area (Å²) in [7, 11) is 4.39. The fourth-order valence-electron chi connectivity index (χ4n) is 5.71. The predicted octanol–water partition coefficient (Wildman–Crippen LogP) is 5.40. The third-order valence-electron chi connectivity index (χ3n) is 7.43. The fourth-order valence-corrected chi connectivity index (χ4v) is 6.25. The number of ketones is 1. The van der Waals surface area contributed by atoms with E-state index in [4.69, 9.17) is 14.2 Å². The summed E-state index contributed by atoms with van der Waals surface area (Å²) >= 11 is 3.48. The van der Waals surface area contributed by atoms with Crippen molar-refractivity contribution >= 4 is 39.4 Å². The van der Waals surface area contributed by atoms with E-state index in [9.17, 15) is 14.9 Å². The van der Waals surface area contributed by atoms with Crippen LogP contribution >= 0.6 is 15.9 Å². The van der Waals surface area contributed by atoms with E-state index >= 15 is 0 Å². The summed E-state index contributed by atoms with van der Waals surface area (Å²) in [5.74, 6) is -0.557. The zero-order valence-electron chi connectivity index (χ0n) is 21.1. The molecular formula is C30H25BrN2O5. The van der Waals surface area contributed by atoms with Crippen LogP contribution in [0.1, 0.15) is 27.4 Å². The lowest BCUT2D eigenvalue weighted by molar-refractivity contribution is -0.150. The molecule has 0 unspecified atom stereocenters. The zero-order valence-corrected chi connectivity index (χ0v) is 22.6. The summed E-state index contributed by atoms with van der Waals surface area (Å²) in [6, 6.07) is 20.6. The van der Waals surface area contributed by atoms with Crippen molar-refractivity contribution in [3.8, 4) is 17.6 Å². The van der Waals surface area contributed by atoms with Gasteiger partial charge in [-0.1, -0.05) is 42.5 Å². The second-order valence-corrected chi connectivity index (χ2v) is 10.0. The van der Waals surface area contributed by atoms with Crippen LogP contribution in [0, 0.1) is 16.7 Å². The maximum absolute atomic E-state index is 14.5. The minimum absolute atomic E-state index is 0.231. The van der Waals surface area contributed by atoms with Crippen LogP contribution < -0.4 is 14.4 Å². The van der Waals surface area contributed by atoms with Gasteiger partial charge < -0.3 is 19.1 Å². The van der Waals surface area contributed by atoms with Gasteiger partial charge in [0.05, 0.1) is 37.9 Å². The highest BCUT2D eigenvalue weighted by molar-refractivity contribution is 9.10. The number of hydrogen-bond donors (Lipinski definition) is 0. The molecule has 3 aromatic carbocycles. The highest BCUT2D eigenvalue weighted by atomic mass is 79.9. The van der Waals surface area contributed by atoms with Gasteiger partial charge in [0.1, 0.15) is 17.5 Å². The van der Waals surface area contributed by atoms with Gasteiger partial charge in [0.25, 0.3) is 0 Å². The van der Waals surface area contributed by atoms with Gasteiger partial charge in [-0.2, -0.15) is 5.26 Å². The van der Waals surface area contributed by atoms with Gasteiger partial charge in [0.2, 0.25) is 0 Å². The van der Waals surface area contributed by atoms with Crippen molar-refractivity contribution in [1.29, 1.82) is 5.26 Å². The SMILES string of the molecule is COC(=O)[C@@]1(C#N)[C@H](c2ccc(OC)cc2)[C@@H](C(=O)c2ccc(OC)c(Br)c2)N2c3ccccc3C=C[C@@H]21. The highest BCUT2D eigenvalue weighted by Crippen LogP contribution is 2.56. The molecule has 0 aromatic heterocycles. The van der Waals surface area contributed by atoms with Crippen molar-refractivity contribution in [3.63, 3.8) is 0 Å². The Balaban J connectivity index is 1.79. The van der Waals surface area contributed by atoms with Crippen LogP contribution in [0.25, 0.3) is 6.08 Å². The number of anilines is 1. The third kappa shape index (κ3) is 3.77. The molecule has 8 heteroatoms. The molecule has 192 valence electrons. The predicted molar refractivity (Wildman–Crippen MR) is 146 cm³/mol. The molecule has 0 radical (unpaired) electrons. The first-order chi connectivity index (χ1) is 18.4. The minimum atomic E-state index is -1.70. The van der Waals surface area contributed by atoms with Gasteiger partial charge in [0, 0.05) is 17.2 Å². The number of esters is 1. The fraction of sp³-hybridized carbons (Fsp3) is 0.233. The lowest BCUT2D eigenvalue weighted by Gasteiger charge is -2.36. The summed E-state index contributed by atoms with van der Waals surface area (Å²) < 4.78 is 16.6. The quantitative estimate of drug-likeness (QED) is 0.288. The first-order valence-electron chi connectivity index (χ1n) is 12.0. The molecule has 5 rings (SSSR count). The molecule has 1 saturated heterocycles. The Labute approximate surface area is 229 Å². The average Bonchev–Trinajstić information content (AvgIpc) is 3.28. The molecule has 0 aliphatic carbocycles. The number of ether oxygens (including phenoxy) is 3. The molecule has 38 heavy (non-hydrogen) atoms. The molecule has 0 N–H and O–H groups in total. The number of fused-ring (bicyclic) bond motifs is 3. The number of carbonyl (C=O) groups is 2. The smallest absolute Gasteiger partial charge is 0.329 e. The average molecular weight is 573 g/mol. The molecular weight excluding hydrogens is 548 g/mol. The normalized spacial score (nSPS) is 23.1. The summed E-state index contributed by atoms with van der Waals surface area (Å²) in [5, 5.41) is 10.7. The Morgan fingerprint density at radius 1 is 1.00 bits per heavy atom. The van der Waals surface area contributed by atoms with E-state index in [2.05, 4.69) is 22.0 Å². The first kappa shape index (κ1) is 25.6. The maximum atomic E-state index is 14.5. The molecule has 0 saturated carbocycles. The minimum Gasteiger partial charge on any atom is -0.497 e. The number of halogens is 1. The van der Waals surface area contributed by atoms with E-state index in [-0.39, 0.29) is 5.78 Å². The lowest BCUT2D eigenvalue weighted by Crippen LogP contribution is -2.46. The number of carbonyl (C=O) groups excluding carboxylic acids is 2. The summed E-state index contributed by atoms with van der Waals surface area (Å²) in [5.41, 5.74) is 1.04. The van der Waals surface area contributed by atoms with Crippen molar-refractivity contribution in [1.82, 2.24) is 0 Å². The first-order valence-corrected chi connectivity index (χ1v) is 12.8. The summed E-state index contributed by atoms with van der Waals surface area (Å²) in [4.78, 5) is 30.0. The largest absolute Gasteiger partial charge is 0.497 e. The Hall–Kier alpha value is -4.09. The van der Waals surface area contributed by atoms with Gasteiger partial charge in [-0.25, -0.2) is 0 Å². The van der Waals surface area contributed by atoms with E-state index in [1.807, 2.05) is 41.3 Å². The number of benzene rings is 3. The summed E-state index contributed by atoms with van der Waals surface area (Å²) in [6.45, 7) is 0. The van der Waals surface area contributed by atoms with Gasteiger partial charge in [0.15, 0.2) is 11.2 Å². The Morgan fingerprint density at radius 2 is 1.74 bits per heavy atom. The number of nitriles is 1. The van der Waals surface area contributed by atoms with Crippen LogP contribution in [0.4, 0.5) is 5.69 Å². The van der Waals surface area contributed by atoms with Crippen LogP contribution in [0.15, 0.2) is 77.3 Å². The highest BCUT2D eigenvalue weighted by Gasteiger charge is 2.67. The topological polar surface area (TPSA) is 88.9 Å². The molecule has 0 spiro atoms. The van der Waals surface area contributed by atoms with E-state index in [1.54, 1.807) is 56.7 Å². The van der Waals surface area contributed by atoms with Crippen molar-refractivity contribution in [2.75, 3.05) is 26.2 Å². The van der Waals surface area contributed by atoms with Crippen LogP contribution in [0.5, 0.6) is 11.5 Å². The van der Waals surface area contributed by atoms with Crippen molar-refractivity contribution in [2.45, 2.75) is 18.0 Å². The number of nitrogens with zero attached hydrogens (tertiary/aromatic N) is 2. The Morgan fingerprint density at radius 3 is 2.37 bits per heavy atom. The second kappa shape index (κ2) is 9.99. The zero-order chi connectivity index (χ0) is 27.0. The maximum Gasteiger partial charge on any atom is 0.329 e. The van der Waals surface area contributed by atoms with Crippen LogP contribution in [-0.2, 0) is 9.53 Å². The number of rotatable bonds is 6. The lowest BCUT2D eigenvalue weighted by atomic mass is 9.68. The van der Waals surface area contributed by atoms with Gasteiger partial charge in [-0.05, 0) is 63.5 Å². The van der Waals surface area contributed by atoms with Crippen molar-refractivity contribution in [2.24, 2.45) is 5.41 Å². The van der Waals surface area contributed by atoms with E-state index in [0.717, 1.165) is 11.3 Å². The molecule has 2 aliphatic rings. The van der Waals surface area contributed by atoms with E-state index in [1.165, 1.54) is 7.11 Å². The number of Topliss-reactive ketones (excluding diaryl/α,β-unsaturated/α-hetero) is 1. The standard InChI is InChI=1S/C30H25BrN2O5/c1-36-21-12-8-19(9-13-21)26-27(28(34)20-10-14-24(37-2)22(31)16-20)33-23-7-5-4-6-18(23)11-15-25(33)30(26,17-32)29(35)38-3/h4-16,25-27H,1-3H3/t25-,26-,27+,30-/m1/s1. The monoisotopic (exact) mass is 572 g/mol. The molecule has 2 aliphatic heterocycles. The van der Waals surface area contributed by atoms with E-state index in [0.29, 0.717) is 27.1 Å². The van der Waals surface area contributed by atoms with Gasteiger partial charge in [-0.3, -0.25) is 9.59 Å².